The van der Waals surface area contributed by atoms with Crippen molar-refractivity contribution in [1.82, 2.24) is 9.97 Å². The van der Waals surface area contributed by atoms with Gasteiger partial charge in [0.15, 0.2) is 5.16 Å². The van der Waals surface area contributed by atoms with E-state index < -0.39 is 23.1 Å². The predicted molar refractivity (Wildman–Crippen MR) is 85.9 cm³/mol. The predicted octanol–water partition coefficient (Wildman–Crippen LogP) is 2.25. The number of hydrogen-bond acceptors (Lipinski definition) is 4. The number of anilines is 1. The zero-order valence-electron chi connectivity index (χ0n) is 12.2. The average molecular weight is 347 g/mol. The molecule has 8 heteroatoms. The van der Waals surface area contributed by atoms with Crippen LogP contribution in [0, 0.1) is 24.0 Å². The summed E-state index contributed by atoms with van der Waals surface area (Å²) >= 11 is 1.14. The van der Waals surface area contributed by atoms with Gasteiger partial charge in [-0.3, -0.25) is 9.59 Å². The molecule has 1 amide bonds. The van der Waals surface area contributed by atoms with Gasteiger partial charge in [-0.2, -0.15) is 0 Å². The molecule has 0 saturated heterocycles. The molecule has 1 aliphatic rings. The number of hydrogen-bond donors (Lipinski definition) is 2. The first-order valence-electron chi connectivity index (χ1n) is 6.94. The molecule has 2 heterocycles. The van der Waals surface area contributed by atoms with Crippen LogP contribution in [0.1, 0.15) is 23.5 Å². The van der Waals surface area contributed by atoms with Crippen LogP contribution in [0.25, 0.3) is 0 Å². The minimum absolute atomic E-state index is 0.0872. The fraction of sp³-hybridized carbons (Fsp3) is 0.188. The Morgan fingerprint density at radius 3 is 2.67 bits per heavy atom. The van der Waals surface area contributed by atoms with Crippen LogP contribution in [0.15, 0.2) is 28.2 Å². The highest BCUT2D eigenvalue weighted by molar-refractivity contribution is 7.99. The summed E-state index contributed by atoms with van der Waals surface area (Å²) in [6.07, 6.45) is 5.07. The zero-order chi connectivity index (χ0) is 17.3. The number of halogens is 2. The molecule has 3 rings (SSSR count). The SMILES string of the molecule is C#CCSc1nc2c(c(=O)[nH]1)[C@H](c1cc(F)cc(F)c1)CC(=O)N2. The van der Waals surface area contributed by atoms with E-state index in [1.54, 1.807) is 0 Å². The van der Waals surface area contributed by atoms with Gasteiger partial charge in [0.05, 0.1) is 11.3 Å². The normalized spacial score (nSPS) is 16.2. The summed E-state index contributed by atoms with van der Waals surface area (Å²) in [6, 6.07) is 2.95. The molecular formula is C16H11F2N3O2S. The number of carbonyl (C=O) groups excluding carboxylic acids is 1. The number of benzene rings is 1. The van der Waals surface area contributed by atoms with E-state index in [9.17, 15) is 18.4 Å². The first kappa shape index (κ1) is 16.2. The van der Waals surface area contributed by atoms with Gasteiger partial charge in [-0.1, -0.05) is 17.7 Å². The number of nitrogens with one attached hydrogen (secondary N) is 2. The maximum absolute atomic E-state index is 13.5. The highest BCUT2D eigenvalue weighted by Crippen LogP contribution is 2.34. The summed E-state index contributed by atoms with van der Waals surface area (Å²) in [5.41, 5.74) is -0.0984. The molecule has 0 spiro atoms. The van der Waals surface area contributed by atoms with Crippen molar-refractivity contribution in [2.75, 3.05) is 11.1 Å². The lowest BCUT2D eigenvalue weighted by molar-refractivity contribution is -0.116. The number of carbonyl (C=O) groups is 1. The van der Waals surface area contributed by atoms with Gasteiger partial charge in [0, 0.05) is 18.4 Å². The lowest BCUT2D eigenvalue weighted by atomic mass is 9.87. The van der Waals surface area contributed by atoms with E-state index in [1.807, 2.05) is 0 Å². The zero-order valence-corrected chi connectivity index (χ0v) is 13.0. The van der Waals surface area contributed by atoms with Crippen molar-refractivity contribution < 1.29 is 13.6 Å². The topological polar surface area (TPSA) is 74.8 Å². The molecule has 0 bridgehead atoms. The Balaban J connectivity index is 2.11. The highest BCUT2D eigenvalue weighted by Gasteiger charge is 2.31. The second-order valence-corrected chi connectivity index (χ2v) is 6.10. The smallest absolute Gasteiger partial charge is 0.257 e. The van der Waals surface area contributed by atoms with Crippen molar-refractivity contribution in [2.24, 2.45) is 0 Å². The number of H-pyrrole nitrogens is 1. The summed E-state index contributed by atoms with van der Waals surface area (Å²) in [6.45, 7) is 0. The van der Waals surface area contributed by atoms with Gasteiger partial charge in [-0.15, -0.1) is 6.42 Å². The lowest BCUT2D eigenvalue weighted by Crippen LogP contribution is -2.31. The number of amides is 1. The highest BCUT2D eigenvalue weighted by atomic mass is 32.2. The molecule has 2 N–H and O–H groups in total. The van der Waals surface area contributed by atoms with Crippen molar-refractivity contribution >= 4 is 23.5 Å². The molecule has 0 aliphatic carbocycles. The summed E-state index contributed by atoms with van der Waals surface area (Å²) in [5, 5.41) is 2.79. The van der Waals surface area contributed by atoms with Crippen molar-refractivity contribution in [2.45, 2.75) is 17.5 Å². The molecule has 122 valence electrons. The Bertz CT molecular complexity index is 900. The van der Waals surface area contributed by atoms with Crippen LogP contribution in [0.2, 0.25) is 0 Å². The molecule has 5 nitrogen and oxygen atoms in total. The maximum atomic E-state index is 13.5. The van der Waals surface area contributed by atoms with Gasteiger partial charge >= 0.3 is 0 Å². The molecule has 0 radical (unpaired) electrons. The molecule has 2 aromatic rings. The van der Waals surface area contributed by atoms with Crippen molar-refractivity contribution in [3.05, 3.63) is 51.3 Å². The van der Waals surface area contributed by atoms with Crippen LogP contribution in [0.4, 0.5) is 14.6 Å². The molecule has 0 saturated carbocycles. The molecule has 0 fully saturated rings. The number of thioether (sulfide) groups is 1. The number of rotatable bonds is 3. The fourth-order valence-electron chi connectivity index (χ4n) is 2.59. The Kier molecular flexibility index (Phi) is 4.36. The van der Waals surface area contributed by atoms with E-state index in [4.69, 9.17) is 6.42 Å². The first-order chi connectivity index (χ1) is 11.5. The van der Waals surface area contributed by atoms with Crippen molar-refractivity contribution in [3.8, 4) is 12.3 Å². The standard InChI is InChI=1S/C16H11F2N3O2S/c1-2-3-24-16-20-14-13(15(23)21-16)11(7-12(22)19-14)8-4-9(17)6-10(18)5-8/h1,4-6,11H,3,7H2,(H2,19,20,21,22,23)/t11-/m0/s1. The molecule has 1 aliphatic heterocycles. The number of terminal acetylenes is 1. The van der Waals surface area contributed by atoms with Crippen molar-refractivity contribution in [1.29, 1.82) is 0 Å². The molecule has 1 aromatic heterocycles. The van der Waals surface area contributed by atoms with Gasteiger partial charge in [-0.25, -0.2) is 13.8 Å². The fourth-order valence-corrected chi connectivity index (χ4v) is 3.13. The van der Waals surface area contributed by atoms with Crippen LogP contribution >= 0.6 is 11.8 Å². The van der Waals surface area contributed by atoms with E-state index >= 15 is 0 Å². The van der Waals surface area contributed by atoms with E-state index in [-0.39, 0.29) is 34.4 Å². The van der Waals surface area contributed by atoms with Crippen LogP contribution in [0.3, 0.4) is 0 Å². The lowest BCUT2D eigenvalue weighted by Gasteiger charge is -2.24. The molecule has 1 atom stereocenters. The second kappa shape index (κ2) is 6.45. The van der Waals surface area contributed by atoms with Crippen LogP contribution < -0.4 is 10.9 Å². The molecule has 1 aromatic carbocycles. The number of aromatic nitrogens is 2. The monoisotopic (exact) mass is 347 g/mol. The van der Waals surface area contributed by atoms with Crippen LogP contribution in [-0.4, -0.2) is 21.6 Å². The van der Waals surface area contributed by atoms with Crippen LogP contribution in [-0.2, 0) is 4.79 Å². The molecular weight excluding hydrogens is 336 g/mol. The third-order valence-electron chi connectivity index (χ3n) is 3.51. The Morgan fingerprint density at radius 2 is 2.00 bits per heavy atom. The van der Waals surface area contributed by atoms with E-state index in [0.717, 1.165) is 30.0 Å². The Hall–Kier alpha value is -2.66. The quantitative estimate of drug-likeness (QED) is 0.507. The van der Waals surface area contributed by atoms with Gasteiger partial charge < -0.3 is 10.3 Å². The molecule has 0 unspecified atom stereocenters. The summed E-state index contributed by atoms with van der Waals surface area (Å²) in [5.74, 6) is 0.0771. The summed E-state index contributed by atoms with van der Waals surface area (Å²) in [4.78, 5) is 31.1. The summed E-state index contributed by atoms with van der Waals surface area (Å²) in [7, 11) is 0. The van der Waals surface area contributed by atoms with E-state index in [2.05, 4.69) is 21.2 Å². The van der Waals surface area contributed by atoms with Gasteiger partial charge in [0.25, 0.3) is 5.56 Å². The van der Waals surface area contributed by atoms with Crippen molar-refractivity contribution in [3.63, 3.8) is 0 Å². The van der Waals surface area contributed by atoms with Gasteiger partial charge in [0.1, 0.15) is 17.5 Å². The minimum Gasteiger partial charge on any atom is -0.310 e. The van der Waals surface area contributed by atoms with E-state index in [1.165, 1.54) is 0 Å². The molecule has 24 heavy (non-hydrogen) atoms. The Labute approximate surface area is 139 Å². The van der Waals surface area contributed by atoms with E-state index in [0.29, 0.717) is 5.75 Å². The van der Waals surface area contributed by atoms with Gasteiger partial charge in [0.2, 0.25) is 5.91 Å². The van der Waals surface area contributed by atoms with Gasteiger partial charge in [-0.05, 0) is 17.7 Å². The second-order valence-electron chi connectivity index (χ2n) is 5.13. The maximum Gasteiger partial charge on any atom is 0.257 e. The third kappa shape index (κ3) is 3.16. The number of nitrogens with zero attached hydrogens (tertiary/aromatic N) is 1. The minimum atomic E-state index is -0.776. The average Bonchev–Trinajstić information content (AvgIpc) is 2.50. The van der Waals surface area contributed by atoms with Crippen LogP contribution in [0.5, 0.6) is 0 Å². The Morgan fingerprint density at radius 1 is 1.29 bits per heavy atom. The number of aromatic amines is 1. The first-order valence-corrected chi connectivity index (χ1v) is 7.93. The third-order valence-corrected chi connectivity index (χ3v) is 4.29. The summed E-state index contributed by atoms with van der Waals surface area (Å²) < 4.78 is 27.0. The largest absolute Gasteiger partial charge is 0.310 e. The number of fused-ring (bicyclic) bond motifs is 1.